The Balaban J connectivity index is 2.10. The Bertz CT molecular complexity index is 1480. The highest BCUT2D eigenvalue weighted by Gasteiger charge is 2.33. The Hall–Kier alpha value is -3.78. The summed E-state index contributed by atoms with van der Waals surface area (Å²) in [6.45, 7) is 3.70. The molecule has 0 bridgehead atoms. The number of alkyl halides is 4. The van der Waals surface area contributed by atoms with Crippen molar-refractivity contribution in [3.05, 3.63) is 112 Å². The van der Waals surface area contributed by atoms with Crippen molar-refractivity contribution in [1.82, 2.24) is 4.98 Å². The average Bonchev–Trinajstić information content (AvgIpc) is 2.91. The molecule has 0 saturated carbocycles. The summed E-state index contributed by atoms with van der Waals surface area (Å²) >= 11 is 6.98. The lowest BCUT2D eigenvalue weighted by atomic mass is 9.85. The van der Waals surface area contributed by atoms with E-state index in [2.05, 4.69) is 0 Å². The molecular weight excluding hydrogens is 537 g/mol. The van der Waals surface area contributed by atoms with E-state index in [0.29, 0.717) is 33.5 Å². The monoisotopic (exact) mass is 559 g/mol. The summed E-state index contributed by atoms with van der Waals surface area (Å²) < 4.78 is 72.4. The minimum Gasteiger partial charge on any atom is -0.465 e. The number of aromatic nitrogens is 1. The number of hydrogen-bond donors (Lipinski definition) is 0. The third kappa shape index (κ3) is 5.81. The molecule has 0 radical (unpaired) electrons. The molecule has 39 heavy (non-hydrogen) atoms. The van der Waals surface area contributed by atoms with Crippen LogP contribution in [0.15, 0.2) is 72.8 Å². The smallest absolute Gasteiger partial charge is 0.416 e. The Labute approximate surface area is 227 Å². The number of halogens is 6. The number of hydrogen-bond acceptors (Lipinski definition) is 3. The maximum absolute atomic E-state index is 13.9. The number of ether oxygens (including phenoxy) is 1. The number of esters is 1. The van der Waals surface area contributed by atoms with Gasteiger partial charge in [0.15, 0.2) is 0 Å². The number of carbonyl (C=O) groups excluding carboxylic acids is 1. The number of carbonyl (C=O) groups is 1. The van der Waals surface area contributed by atoms with Crippen LogP contribution in [0.25, 0.3) is 22.4 Å². The topological polar surface area (TPSA) is 39.2 Å². The van der Waals surface area contributed by atoms with Crippen LogP contribution < -0.4 is 0 Å². The molecular formula is C30H23ClF5NO2. The summed E-state index contributed by atoms with van der Waals surface area (Å²) in [6.07, 6.45) is -4.53. The fourth-order valence-electron chi connectivity index (χ4n) is 4.36. The highest BCUT2D eigenvalue weighted by Crippen LogP contribution is 2.45. The predicted molar refractivity (Wildman–Crippen MR) is 140 cm³/mol. The second-order valence-electron chi connectivity index (χ2n) is 9.15. The molecule has 0 amide bonds. The molecule has 3 aromatic carbocycles. The van der Waals surface area contributed by atoms with Crippen molar-refractivity contribution in [2.75, 3.05) is 7.11 Å². The van der Waals surface area contributed by atoms with E-state index in [1.807, 2.05) is 13.8 Å². The van der Waals surface area contributed by atoms with Crippen molar-refractivity contribution in [2.24, 2.45) is 0 Å². The van der Waals surface area contributed by atoms with Crippen molar-refractivity contribution < 1.29 is 31.5 Å². The molecule has 1 unspecified atom stereocenters. The lowest BCUT2D eigenvalue weighted by Gasteiger charge is -2.25. The second-order valence-corrected chi connectivity index (χ2v) is 9.59. The van der Waals surface area contributed by atoms with Crippen LogP contribution in [0, 0.1) is 11.6 Å². The maximum atomic E-state index is 13.9. The van der Waals surface area contributed by atoms with Crippen molar-refractivity contribution in [2.45, 2.75) is 31.3 Å². The fourth-order valence-corrected chi connectivity index (χ4v) is 4.72. The van der Waals surface area contributed by atoms with Gasteiger partial charge in [-0.15, -0.1) is 11.6 Å². The van der Waals surface area contributed by atoms with E-state index >= 15 is 0 Å². The van der Waals surface area contributed by atoms with Crippen molar-refractivity contribution in [3.63, 3.8) is 0 Å². The van der Waals surface area contributed by atoms with Crippen LogP contribution >= 0.6 is 11.6 Å². The molecule has 0 aliphatic rings. The van der Waals surface area contributed by atoms with Crippen molar-refractivity contribution in [3.8, 4) is 22.4 Å². The van der Waals surface area contributed by atoms with Gasteiger partial charge in [-0.2, -0.15) is 13.2 Å². The van der Waals surface area contributed by atoms with E-state index in [-0.39, 0.29) is 17.2 Å². The zero-order valence-electron chi connectivity index (χ0n) is 21.1. The maximum Gasteiger partial charge on any atom is 0.416 e. The minimum absolute atomic E-state index is 0.00711. The van der Waals surface area contributed by atoms with Crippen molar-refractivity contribution in [1.29, 1.82) is 0 Å². The highest BCUT2D eigenvalue weighted by atomic mass is 35.5. The van der Waals surface area contributed by atoms with Crippen LogP contribution in [-0.4, -0.2) is 18.1 Å². The van der Waals surface area contributed by atoms with Gasteiger partial charge >= 0.3 is 12.1 Å². The first-order valence-electron chi connectivity index (χ1n) is 11.9. The summed E-state index contributed by atoms with van der Waals surface area (Å²) in [5.41, 5.74) is 1.66. The molecule has 0 aliphatic carbocycles. The number of benzene rings is 3. The van der Waals surface area contributed by atoms with Gasteiger partial charge in [0.05, 0.1) is 29.3 Å². The van der Waals surface area contributed by atoms with Gasteiger partial charge in [-0.1, -0.05) is 38.1 Å². The first kappa shape index (κ1) is 28.2. The standard InChI is InChI=1S/C30H23ClF5NO2/c1-16(2)27-24(26(31)18-4-10-20(11-5-18)30(34,35)36)23(17-6-12-21(32)13-7-17)25(29(38)39-3)28(37-27)19-8-14-22(33)15-9-19/h4-16,26H,1-3H3. The number of methoxy groups -OCH3 is 1. The molecule has 0 fully saturated rings. The second kappa shape index (κ2) is 11.1. The van der Waals surface area contributed by atoms with Crippen LogP contribution in [-0.2, 0) is 10.9 Å². The number of pyridine rings is 1. The van der Waals surface area contributed by atoms with Gasteiger partial charge < -0.3 is 4.74 Å². The molecule has 4 rings (SSSR count). The number of rotatable bonds is 6. The van der Waals surface area contributed by atoms with E-state index < -0.39 is 34.7 Å². The Morgan fingerprint density at radius 2 is 1.36 bits per heavy atom. The Morgan fingerprint density at radius 1 is 0.846 bits per heavy atom. The SMILES string of the molecule is COC(=O)c1c(-c2ccc(F)cc2)nc(C(C)C)c(C(Cl)c2ccc(C(F)(F)F)cc2)c1-c1ccc(F)cc1. The zero-order chi connectivity index (χ0) is 28.5. The quantitative estimate of drug-likeness (QED) is 0.134. The highest BCUT2D eigenvalue weighted by molar-refractivity contribution is 6.23. The lowest BCUT2D eigenvalue weighted by Crippen LogP contribution is -2.15. The van der Waals surface area contributed by atoms with E-state index in [0.717, 1.165) is 12.1 Å². The molecule has 0 saturated heterocycles. The first-order chi connectivity index (χ1) is 18.4. The summed E-state index contributed by atoms with van der Waals surface area (Å²) in [5.74, 6) is -2.03. The fraction of sp³-hybridized carbons (Fsp3) is 0.200. The third-order valence-electron chi connectivity index (χ3n) is 6.24. The van der Waals surface area contributed by atoms with E-state index in [1.165, 1.54) is 67.8 Å². The lowest BCUT2D eigenvalue weighted by molar-refractivity contribution is -0.137. The Morgan fingerprint density at radius 3 is 1.82 bits per heavy atom. The van der Waals surface area contributed by atoms with Gasteiger partial charge in [0, 0.05) is 22.4 Å². The Kier molecular flexibility index (Phi) is 8.07. The molecule has 4 aromatic rings. The third-order valence-corrected chi connectivity index (χ3v) is 6.71. The molecule has 0 aliphatic heterocycles. The molecule has 1 heterocycles. The number of nitrogens with zero attached hydrogens (tertiary/aromatic N) is 1. The molecule has 3 nitrogen and oxygen atoms in total. The van der Waals surface area contributed by atoms with Crippen LogP contribution in [0.3, 0.4) is 0 Å². The molecule has 0 N–H and O–H groups in total. The van der Waals surface area contributed by atoms with Gasteiger partial charge in [-0.25, -0.2) is 13.6 Å². The van der Waals surface area contributed by atoms with Crippen LogP contribution in [0.1, 0.15) is 57.9 Å². The van der Waals surface area contributed by atoms with E-state index in [9.17, 15) is 26.7 Å². The summed E-state index contributed by atoms with van der Waals surface area (Å²) in [6, 6.07) is 15.2. The van der Waals surface area contributed by atoms with Gasteiger partial charge in [0.2, 0.25) is 0 Å². The van der Waals surface area contributed by atoms with E-state index in [4.69, 9.17) is 21.3 Å². The molecule has 1 aromatic heterocycles. The average molecular weight is 560 g/mol. The summed E-state index contributed by atoms with van der Waals surface area (Å²) in [4.78, 5) is 18.1. The normalized spacial score (nSPS) is 12.5. The minimum atomic E-state index is -4.53. The van der Waals surface area contributed by atoms with Crippen LogP contribution in [0.4, 0.5) is 22.0 Å². The zero-order valence-corrected chi connectivity index (χ0v) is 21.9. The van der Waals surface area contributed by atoms with Gasteiger partial charge in [-0.05, 0) is 65.6 Å². The molecule has 0 spiro atoms. The van der Waals surface area contributed by atoms with Crippen LogP contribution in [0.2, 0.25) is 0 Å². The first-order valence-corrected chi connectivity index (χ1v) is 12.3. The van der Waals surface area contributed by atoms with E-state index in [1.54, 1.807) is 0 Å². The molecule has 202 valence electrons. The van der Waals surface area contributed by atoms with Gasteiger partial charge in [-0.3, -0.25) is 4.98 Å². The summed E-state index contributed by atoms with van der Waals surface area (Å²) in [7, 11) is 1.19. The largest absolute Gasteiger partial charge is 0.465 e. The molecule has 1 atom stereocenters. The van der Waals surface area contributed by atoms with Gasteiger partial charge in [0.1, 0.15) is 11.6 Å². The summed E-state index contributed by atoms with van der Waals surface area (Å²) in [5, 5.41) is -1.04. The molecule has 9 heteroatoms. The van der Waals surface area contributed by atoms with Crippen LogP contribution in [0.5, 0.6) is 0 Å². The van der Waals surface area contributed by atoms with Crippen molar-refractivity contribution >= 4 is 17.6 Å². The van der Waals surface area contributed by atoms with Gasteiger partial charge in [0.25, 0.3) is 0 Å². The predicted octanol–water partition coefficient (Wildman–Crippen LogP) is 8.95.